The van der Waals surface area contributed by atoms with Gasteiger partial charge in [0.1, 0.15) is 0 Å². The van der Waals surface area contributed by atoms with Crippen molar-refractivity contribution in [2.45, 2.75) is 26.7 Å². The zero-order valence-electron chi connectivity index (χ0n) is 7.41. The number of hydrogen-bond donors (Lipinski definition) is 0. The predicted molar refractivity (Wildman–Crippen MR) is 45.1 cm³/mol. The monoisotopic (exact) mass is 167 g/mol. The van der Waals surface area contributed by atoms with Gasteiger partial charge in [-0.2, -0.15) is 0 Å². The number of hydrogen-bond acceptors (Lipinski definition) is 2. The van der Waals surface area contributed by atoms with Crippen LogP contribution in [0, 0.1) is 5.92 Å². The summed E-state index contributed by atoms with van der Waals surface area (Å²) in [4.78, 5) is 23.3. The molecular formula is C9H13NO2. The van der Waals surface area contributed by atoms with Gasteiger partial charge in [-0.05, 0) is 5.92 Å². The number of carbonyl (C=O) groups is 2. The number of imide groups is 1. The smallest absolute Gasteiger partial charge is 0.233 e. The molecule has 0 aromatic rings. The molecule has 0 spiro atoms. The predicted octanol–water partition coefficient (Wildman–Crippen LogP) is 1.31. The molecule has 3 heteroatoms. The molecule has 0 atom stereocenters. The first kappa shape index (κ1) is 8.97. The van der Waals surface area contributed by atoms with Crippen LogP contribution in [0.1, 0.15) is 26.7 Å². The largest absolute Gasteiger partial charge is 0.274 e. The van der Waals surface area contributed by atoms with Gasteiger partial charge in [-0.25, -0.2) is 0 Å². The SMILES string of the molecule is CC(C)/C=C/N1C(=O)CCC1=O. The molecule has 0 N–H and O–H groups in total. The Kier molecular flexibility index (Phi) is 2.63. The summed E-state index contributed by atoms with van der Waals surface area (Å²) in [6.07, 6.45) is 4.16. The van der Waals surface area contributed by atoms with Crippen molar-refractivity contribution in [3.05, 3.63) is 12.3 Å². The zero-order valence-corrected chi connectivity index (χ0v) is 7.41. The number of allylic oxidation sites excluding steroid dienone is 1. The van der Waals surface area contributed by atoms with Gasteiger partial charge in [0.05, 0.1) is 0 Å². The highest BCUT2D eigenvalue weighted by molar-refractivity contribution is 6.02. The molecule has 0 saturated carbocycles. The molecule has 0 radical (unpaired) electrons. The van der Waals surface area contributed by atoms with Gasteiger partial charge in [0.25, 0.3) is 0 Å². The molecule has 1 aliphatic rings. The van der Waals surface area contributed by atoms with Gasteiger partial charge in [0.2, 0.25) is 11.8 Å². The molecule has 0 aliphatic carbocycles. The van der Waals surface area contributed by atoms with Crippen LogP contribution in [-0.4, -0.2) is 16.7 Å². The van der Waals surface area contributed by atoms with Gasteiger partial charge < -0.3 is 0 Å². The summed E-state index contributed by atoms with van der Waals surface area (Å²) in [5.41, 5.74) is 0. The van der Waals surface area contributed by atoms with Crippen LogP contribution >= 0.6 is 0 Å². The van der Waals surface area contributed by atoms with E-state index in [1.165, 1.54) is 4.90 Å². The second-order valence-electron chi connectivity index (χ2n) is 3.24. The van der Waals surface area contributed by atoms with E-state index >= 15 is 0 Å². The number of rotatable bonds is 2. The number of carbonyl (C=O) groups excluding carboxylic acids is 2. The fourth-order valence-electron chi connectivity index (χ4n) is 1.02. The molecule has 3 nitrogen and oxygen atoms in total. The average molecular weight is 167 g/mol. The molecule has 2 amide bonds. The van der Waals surface area contributed by atoms with Crippen molar-refractivity contribution in [2.75, 3.05) is 0 Å². The minimum absolute atomic E-state index is 0.0862. The van der Waals surface area contributed by atoms with Crippen molar-refractivity contribution >= 4 is 11.8 Å². The summed E-state index contributed by atoms with van der Waals surface area (Å²) in [5.74, 6) is 0.194. The first-order valence-corrected chi connectivity index (χ1v) is 4.14. The Morgan fingerprint density at radius 1 is 1.25 bits per heavy atom. The third-order valence-electron chi connectivity index (χ3n) is 1.71. The molecule has 0 unspecified atom stereocenters. The molecule has 66 valence electrons. The van der Waals surface area contributed by atoms with Gasteiger partial charge in [-0.3, -0.25) is 14.5 Å². The Morgan fingerprint density at radius 3 is 2.17 bits per heavy atom. The lowest BCUT2D eigenvalue weighted by molar-refractivity contribution is -0.135. The van der Waals surface area contributed by atoms with Crippen LogP contribution in [0.4, 0.5) is 0 Å². The van der Waals surface area contributed by atoms with E-state index in [0.717, 1.165) is 0 Å². The average Bonchev–Trinajstić information content (AvgIpc) is 2.28. The summed E-state index contributed by atoms with van der Waals surface area (Å²) in [5, 5.41) is 0. The van der Waals surface area contributed by atoms with E-state index in [4.69, 9.17) is 0 Å². The van der Waals surface area contributed by atoms with Crippen LogP contribution in [-0.2, 0) is 9.59 Å². The Balaban J connectivity index is 2.62. The van der Waals surface area contributed by atoms with E-state index in [9.17, 15) is 9.59 Å². The Morgan fingerprint density at radius 2 is 1.75 bits per heavy atom. The van der Waals surface area contributed by atoms with Crippen LogP contribution in [0.5, 0.6) is 0 Å². The summed E-state index contributed by atoms with van der Waals surface area (Å²) >= 11 is 0. The quantitative estimate of drug-likeness (QED) is 0.581. The van der Waals surface area contributed by atoms with Gasteiger partial charge in [0, 0.05) is 19.0 Å². The first-order valence-electron chi connectivity index (χ1n) is 4.14. The Hall–Kier alpha value is -1.12. The van der Waals surface area contributed by atoms with Crippen LogP contribution in [0.15, 0.2) is 12.3 Å². The van der Waals surface area contributed by atoms with E-state index in [-0.39, 0.29) is 11.8 Å². The van der Waals surface area contributed by atoms with Crippen molar-refractivity contribution in [3.63, 3.8) is 0 Å². The Bertz CT molecular complexity index is 215. The molecule has 1 fully saturated rings. The molecular weight excluding hydrogens is 154 g/mol. The molecule has 0 aromatic heterocycles. The molecule has 1 heterocycles. The summed E-state index contributed by atoms with van der Waals surface area (Å²) in [7, 11) is 0. The minimum Gasteiger partial charge on any atom is -0.274 e. The molecule has 0 bridgehead atoms. The van der Waals surface area contributed by atoms with E-state index in [2.05, 4.69) is 0 Å². The topological polar surface area (TPSA) is 37.4 Å². The Labute approximate surface area is 72.0 Å². The third kappa shape index (κ3) is 1.94. The maximum absolute atomic E-state index is 11.1. The normalized spacial score (nSPS) is 18.8. The van der Waals surface area contributed by atoms with E-state index in [0.29, 0.717) is 18.8 Å². The second-order valence-corrected chi connectivity index (χ2v) is 3.24. The zero-order chi connectivity index (χ0) is 9.14. The number of nitrogens with zero attached hydrogens (tertiary/aromatic N) is 1. The van der Waals surface area contributed by atoms with E-state index in [1.807, 2.05) is 19.9 Å². The lowest BCUT2D eigenvalue weighted by Crippen LogP contribution is -2.22. The van der Waals surface area contributed by atoms with Crippen LogP contribution in [0.25, 0.3) is 0 Å². The van der Waals surface area contributed by atoms with Gasteiger partial charge >= 0.3 is 0 Å². The van der Waals surface area contributed by atoms with E-state index < -0.39 is 0 Å². The molecule has 12 heavy (non-hydrogen) atoms. The van der Waals surface area contributed by atoms with Gasteiger partial charge in [0.15, 0.2) is 0 Å². The van der Waals surface area contributed by atoms with Crippen molar-refractivity contribution in [1.29, 1.82) is 0 Å². The number of likely N-dealkylation sites (tertiary alicyclic amines) is 1. The van der Waals surface area contributed by atoms with Crippen molar-refractivity contribution in [3.8, 4) is 0 Å². The minimum atomic E-state index is -0.0862. The summed E-state index contributed by atoms with van der Waals surface area (Å²) in [6, 6.07) is 0. The first-order chi connectivity index (χ1) is 5.61. The number of amides is 2. The van der Waals surface area contributed by atoms with Gasteiger partial charge in [-0.1, -0.05) is 19.9 Å². The molecule has 1 aliphatic heterocycles. The van der Waals surface area contributed by atoms with Crippen molar-refractivity contribution in [2.24, 2.45) is 5.92 Å². The second kappa shape index (κ2) is 3.52. The van der Waals surface area contributed by atoms with Crippen molar-refractivity contribution in [1.82, 2.24) is 4.90 Å². The maximum atomic E-state index is 11.1. The highest BCUT2D eigenvalue weighted by Gasteiger charge is 2.26. The van der Waals surface area contributed by atoms with Crippen LogP contribution in [0.3, 0.4) is 0 Å². The lowest BCUT2D eigenvalue weighted by Gasteiger charge is -2.06. The molecule has 1 saturated heterocycles. The summed E-state index contributed by atoms with van der Waals surface area (Å²) < 4.78 is 0. The van der Waals surface area contributed by atoms with Crippen LogP contribution in [0.2, 0.25) is 0 Å². The molecule has 0 aromatic carbocycles. The molecule has 1 rings (SSSR count). The van der Waals surface area contributed by atoms with Gasteiger partial charge in [-0.15, -0.1) is 0 Å². The maximum Gasteiger partial charge on any atom is 0.233 e. The fourth-order valence-corrected chi connectivity index (χ4v) is 1.02. The highest BCUT2D eigenvalue weighted by Crippen LogP contribution is 2.12. The standard InChI is InChI=1S/C9H13NO2/c1-7(2)5-6-10-8(11)3-4-9(10)12/h5-7H,3-4H2,1-2H3/b6-5+. The highest BCUT2D eigenvalue weighted by atomic mass is 16.2. The van der Waals surface area contributed by atoms with E-state index in [1.54, 1.807) is 6.20 Å². The summed E-state index contributed by atoms with van der Waals surface area (Å²) in [6.45, 7) is 4.00. The van der Waals surface area contributed by atoms with Crippen LogP contribution < -0.4 is 0 Å². The third-order valence-corrected chi connectivity index (χ3v) is 1.71. The van der Waals surface area contributed by atoms with Crippen molar-refractivity contribution < 1.29 is 9.59 Å². The fraction of sp³-hybridized carbons (Fsp3) is 0.556. The lowest BCUT2D eigenvalue weighted by atomic mass is 10.2.